The smallest absolute Gasteiger partial charge is 0.255 e. The second-order valence-corrected chi connectivity index (χ2v) is 7.50. The van der Waals surface area contributed by atoms with Gasteiger partial charge in [-0.3, -0.25) is 9.48 Å². The summed E-state index contributed by atoms with van der Waals surface area (Å²) in [4.78, 5) is 17.5. The highest BCUT2D eigenvalue weighted by Crippen LogP contribution is 2.23. The summed E-state index contributed by atoms with van der Waals surface area (Å²) in [5.74, 6) is 1.23. The number of nitrogens with zero attached hydrogens (tertiary/aromatic N) is 4. The van der Waals surface area contributed by atoms with E-state index in [4.69, 9.17) is 16.3 Å². The SMILES string of the molecule is COc1ccc(C(NC(=O)c2cnn(Cc3ccccc3Cl)c2)c2nccn2C)cc1. The fourth-order valence-electron chi connectivity index (χ4n) is 3.33. The van der Waals surface area contributed by atoms with Gasteiger partial charge in [0.2, 0.25) is 0 Å². The Morgan fingerprint density at radius 3 is 2.65 bits per heavy atom. The predicted octanol–water partition coefficient (Wildman–Crippen LogP) is 3.85. The maximum Gasteiger partial charge on any atom is 0.255 e. The first-order chi connectivity index (χ1) is 15.0. The number of hydrogen-bond acceptors (Lipinski definition) is 4. The molecule has 4 rings (SSSR count). The predicted molar refractivity (Wildman–Crippen MR) is 118 cm³/mol. The highest BCUT2D eigenvalue weighted by atomic mass is 35.5. The van der Waals surface area contributed by atoms with Gasteiger partial charge in [-0.2, -0.15) is 5.10 Å². The van der Waals surface area contributed by atoms with Gasteiger partial charge >= 0.3 is 0 Å². The van der Waals surface area contributed by atoms with Crippen LogP contribution in [0.15, 0.2) is 73.3 Å². The molecule has 0 aliphatic heterocycles. The number of amides is 1. The Bertz CT molecular complexity index is 1180. The zero-order valence-electron chi connectivity index (χ0n) is 17.2. The van der Waals surface area contributed by atoms with Crippen LogP contribution in [0.1, 0.15) is 33.4 Å². The number of imidazole rings is 1. The normalized spacial score (nSPS) is 11.8. The molecule has 0 aliphatic carbocycles. The van der Waals surface area contributed by atoms with Gasteiger partial charge in [-0.25, -0.2) is 4.98 Å². The Labute approximate surface area is 185 Å². The molecule has 7 nitrogen and oxygen atoms in total. The Morgan fingerprint density at radius 1 is 1.19 bits per heavy atom. The van der Waals surface area contributed by atoms with Crippen molar-refractivity contribution in [2.24, 2.45) is 7.05 Å². The van der Waals surface area contributed by atoms with Crippen molar-refractivity contribution in [3.05, 3.63) is 101 Å². The highest BCUT2D eigenvalue weighted by Gasteiger charge is 2.22. The average molecular weight is 436 g/mol. The number of ether oxygens (including phenoxy) is 1. The van der Waals surface area contributed by atoms with Gasteiger partial charge in [-0.05, 0) is 29.3 Å². The summed E-state index contributed by atoms with van der Waals surface area (Å²) in [6.45, 7) is 0.480. The summed E-state index contributed by atoms with van der Waals surface area (Å²) in [6, 6.07) is 14.7. The van der Waals surface area contributed by atoms with Crippen molar-refractivity contribution in [1.82, 2.24) is 24.6 Å². The quantitative estimate of drug-likeness (QED) is 0.478. The summed E-state index contributed by atoms with van der Waals surface area (Å²) >= 11 is 6.24. The van der Waals surface area contributed by atoms with Crippen LogP contribution in [0, 0.1) is 0 Å². The van der Waals surface area contributed by atoms with Crippen LogP contribution >= 0.6 is 11.6 Å². The van der Waals surface area contributed by atoms with E-state index in [1.165, 1.54) is 0 Å². The number of nitrogens with one attached hydrogen (secondary N) is 1. The first kappa shape index (κ1) is 20.7. The number of hydrogen-bond donors (Lipinski definition) is 1. The molecule has 0 aliphatic rings. The summed E-state index contributed by atoms with van der Waals surface area (Å²) in [6.07, 6.45) is 6.82. The van der Waals surface area contributed by atoms with E-state index in [1.807, 2.05) is 66.3 Å². The van der Waals surface area contributed by atoms with Crippen molar-refractivity contribution in [3.8, 4) is 5.75 Å². The summed E-state index contributed by atoms with van der Waals surface area (Å²) in [5, 5.41) is 8.06. The second kappa shape index (κ2) is 9.06. The molecule has 31 heavy (non-hydrogen) atoms. The van der Waals surface area contributed by atoms with Gasteiger partial charge in [0.05, 0.1) is 25.4 Å². The lowest BCUT2D eigenvalue weighted by Crippen LogP contribution is -2.31. The zero-order chi connectivity index (χ0) is 21.8. The van der Waals surface area contributed by atoms with Crippen LogP contribution in [-0.4, -0.2) is 32.3 Å². The van der Waals surface area contributed by atoms with E-state index in [-0.39, 0.29) is 5.91 Å². The van der Waals surface area contributed by atoms with E-state index < -0.39 is 6.04 Å². The standard InChI is InChI=1S/C23H22ClN5O2/c1-28-12-11-25-22(28)21(16-7-9-19(31-2)10-8-16)27-23(30)18-13-26-29(15-18)14-17-5-3-4-6-20(17)24/h3-13,15,21H,14H2,1-2H3,(H,27,30). The lowest BCUT2D eigenvalue weighted by Gasteiger charge is -2.19. The number of methoxy groups -OCH3 is 1. The summed E-state index contributed by atoms with van der Waals surface area (Å²) in [7, 11) is 3.51. The molecule has 2 aromatic heterocycles. The third-order valence-electron chi connectivity index (χ3n) is 5.03. The van der Waals surface area contributed by atoms with Gasteiger partial charge in [-0.15, -0.1) is 0 Å². The topological polar surface area (TPSA) is 74.0 Å². The van der Waals surface area contributed by atoms with Gasteiger partial charge < -0.3 is 14.6 Å². The van der Waals surface area contributed by atoms with Crippen LogP contribution < -0.4 is 10.1 Å². The molecule has 1 amide bonds. The molecule has 0 radical (unpaired) electrons. The summed E-state index contributed by atoms with van der Waals surface area (Å²) in [5.41, 5.74) is 2.29. The van der Waals surface area contributed by atoms with Crippen molar-refractivity contribution in [2.45, 2.75) is 12.6 Å². The van der Waals surface area contributed by atoms with Gasteiger partial charge in [0.1, 0.15) is 17.6 Å². The van der Waals surface area contributed by atoms with Crippen LogP contribution in [-0.2, 0) is 13.6 Å². The summed E-state index contributed by atoms with van der Waals surface area (Å²) < 4.78 is 8.82. The lowest BCUT2D eigenvalue weighted by molar-refractivity contribution is 0.0941. The molecular weight excluding hydrogens is 414 g/mol. The molecule has 1 unspecified atom stereocenters. The minimum atomic E-state index is -0.426. The number of aromatic nitrogens is 4. The number of halogens is 1. The first-order valence-electron chi connectivity index (χ1n) is 9.73. The van der Waals surface area contributed by atoms with Crippen molar-refractivity contribution in [3.63, 3.8) is 0 Å². The molecule has 0 fully saturated rings. The van der Waals surface area contributed by atoms with Crippen molar-refractivity contribution >= 4 is 17.5 Å². The van der Waals surface area contributed by atoms with Crippen LogP contribution in [0.5, 0.6) is 5.75 Å². The van der Waals surface area contributed by atoms with Crippen molar-refractivity contribution in [2.75, 3.05) is 7.11 Å². The average Bonchev–Trinajstić information content (AvgIpc) is 3.43. The maximum atomic E-state index is 13.0. The van der Waals surface area contributed by atoms with Crippen LogP contribution in [0.3, 0.4) is 0 Å². The van der Waals surface area contributed by atoms with E-state index >= 15 is 0 Å². The van der Waals surface area contributed by atoms with Gasteiger partial charge in [0, 0.05) is 30.7 Å². The van der Waals surface area contributed by atoms with Crippen LogP contribution in [0.25, 0.3) is 0 Å². The number of aryl methyl sites for hydroxylation is 1. The van der Waals surface area contributed by atoms with Crippen molar-refractivity contribution in [1.29, 1.82) is 0 Å². The molecule has 1 atom stereocenters. The van der Waals surface area contributed by atoms with Gasteiger partial charge in [-0.1, -0.05) is 41.9 Å². The van der Waals surface area contributed by atoms with Gasteiger partial charge in [0.25, 0.3) is 5.91 Å². The molecule has 0 saturated heterocycles. The van der Waals surface area contributed by atoms with Crippen molar-refractivity contribution < 1.29 is 9.53 Å². The highest BCUT2D eigenvalue weighted by molar-refractivity contribution is 6.31. The molecule has 1 N–H and O–H groups in total. The molecule has 4 aromatic rings. The minimum Gasteiger partial charge on any atom is -0.497 e. The maximum absolute atomic E-state index is 13.0. The second-order valence-electron chi connectivity index (χ2n) is 7.09. The number of rotatable bonds is 7. The van der Waals surface area contributed by atoms with E-state index in [9.17, 15) is 4.79 Å². The lowest BCUT2D eigenvalue weighted by atomic mass is 10.1. The zero-order valence-corrected chi connectivity index (χ0v) is 18.0. The molecular formula is C23H22ClN5O2. The molecule has 158 valence electrons. The Hall–Kier alpha value is -3.58. The fraction of sp³-hybridized carbons (Fsp3) is 0.174. The molecule has 0 saturated carbocycles. The third kappa shape index (κ3) is 4.62. The van der Waals surface area contributed by atoms with E-state index in [2.05, 4.69) is 15.4 Å². The largest absolute Gasteiger partial charge is 0.497 e. The molecule has 2 aromatic carbocycles. The Morgan fingerprint density at radius 2 is 1.97 bits per heavy atom. The third-order valence-corrected chi connectivity index (χ3v) is 5.40. The molecule has 0 bridgehead atoms. The van der Waals surface area contributed by atoms with E-state index in [0.717, 1.165) is 22.7 Å². The van der Waals surface area contributed by atoms with E-state index in [1.54, 1.807) is 30.4 Å². The van der Waals surface area contributed by atoms with Gasteiger partial charge in [0.15, 0.2) is 0 Å². The number of benzene rings is 2. The molecule has 2 heterocycles. The fourth-order valence-corrected chi connectivity index (χ4v) is 3.53. The minimum absolute atomic E-state index is 0.241. The number of carbonyl (C=O) groups is 1. The molecule has 8 heteroatoms. The molecule has 0 spiro atoms. The van der Waals surface area contributed by atoms with E-state index in [0.29, 0.717) is 17.1 Å². The number of carbonyl (C=O) groups excluding carboxylic acids is 1. The van der Waals surface area contributed by atoms with Crippen LogP contribution in [0.2, 0.25) is 5.02 Å². The Balaban J connectivity index is 1.56. The first-order valence-corrected chi connectivity index (χ1v) is 10.1. The van der Waals surface area contributed by atoms with Crippen LogP contribution in [0.4, 0.5) is 0 Å². The Kier molecular flexibility index (Phi) is 6.04. The monoisotopic (exact) mass is 435 g/mol.